The van der Waals surface area contributed by atoms with Gasteiger partial charge in [0.25, 0.3) is 0 Å². The molecule has 0 aromatic heterocycles. The molecule has 0 aliphatic rings. The van der Waals surface area contributed by atoms with Crippen molar-refractivity contribution in [2.24, 2.45) is 0 Å². The van der Waals surface area contributed by atoms with Crippen molar-refractivity contribution in [1.29, 1.82) is 0 Å². The molecule has 0 fully saturated rings. The quantitative estimate of drug-likeness (QED) is 0.824. The van der Waals surface area contributed by atoms with E-state index in [0.29, 0.717) is 18.9 Å². The first-order valence-corrected chi connectivity index (χ1v) is 5.62. The van der Waals surface area contributed by atoms with Crippen molar-refractivity contribution >= 4 is 0 Å². The maximum absolute atomic E-state index is 9.95. The van der Waals surface area contributed by atoms with E-state index in [9.17, 15) is 5.11 Å². The molecular weight excluding hydrogens is 202 g/mol. The molecule has 1 rings (SSSR count). The normalized spacial score (nSPS) is 11.5. The molecule has 0 saturated carbocycles. The number of nitrogens with one attached hydrogen (secondary N) is 1. The van der Waals surface area contributed by atoms with Crippen LogP contribution in [-0.2, 0) is 6.54 Å². The molecule has 1 aromatic carbocycles. The van der Waals surface area contributed by atoms with Gasteiger partial charge in [-0.2, -0.15) is 0 Å². The minimum Gasteiger partial charge on any atom is -0.504 e. The Bertz CT molecular complexity index is 342. The van der Waals surface area contributed by atoms with Gasteiger partial charge >= 0.3 is 0 Å². The first kappa shape index (κ1) is 12.8. The van der Waals surface area contributed by atoms with Crippen LogP contribution in [-0.4, -0.2) is 17.3 Å². The Morgan fingerprint density at radius 1 is 1.31 bits per heavy atom. The van der Waals surface area contributed by atoms with Gasteiger partial charge in [-0.25, -0.2) is 0 Å². The van der Waals surface area contributed by atoms with Crippen molar-refractivity contribution in [2.45, 2.75) is 39.8 Å². The topological polar surface area (TPSA) is 41.5 Å². The predicted octanol–water partition coefficient (Wildman–Crippen LogP) is 2.68. The molecule has 2 N–H and O–H groups in total. The summed E-state index contributed by atoms with van der Waals surface area (Å²) in [6, 6.07) is 5.57. The molecule has 3 heteroatoms. The van der Waals surface area contributed by atoms with Gasteiger partial charge in [-0.3, -0.25) is 0 Å². The van der Waals surface area contributed by atoms with Gasteiger partial charge in [0.05, 0.1) is 6.61 Å². The van der Waals surface area contributed by atoms with Crippen LogP contribution in [0.2, 0.25) is 0 Å². The molecule has 0 aliphatic heterocycles. The molecule has 3 nitrogen and oxygen atoms in total. The van der Waals surface area contributed by atoms with Crippen molar-refractivity contribution in [3.63, 3.8) is 0 Å². The Labute approximate surface area is 97.4 Å². The van der Waals surface area contributed by atoms with Gasteiger partial charge in [-0.15, -0.1) is 0 Å². The van der Waals surface area contributed by atoms with Crippen LogP contribution in [0.4, 0.5) is 0 Å². The second-order valence-corrected chi connectivity index (χ2v) is 4.80. The molecule has 0 heterocycles. The zero-order valence-corrected chi connectivity index (χ0v) is 10.5. The summed E-state index contributed by atoms with van der Waals surface area (Å²) in [5.74, 6) is 0.789. The minimum absolute atomic E-state index is 0.0358. The van der Waals surface area contributed by atoms with Gasteiger partial charge in [0.2, 0.25) is 0 Å². The maximum atomic E-state index is 9.95. The van der Waals surface area contributed by atoms with Crippen molar-refractivity contribution in [2.75, 3.05) is 6.61 Å². The second kappa shape index (κ2) is 5.21. The van der Waals surface area contributed by atoms with E-state index in [-0.39, 0.29) is 11.3 Å². The van der Waals surface area contributed by atoms with E-state index in [0.717, 1.165) is 5.56 Å². The fraction of sp³-hybridized carbons (Fsp3) is 0.538. The maximum Gasteiger partial charge on any atom is 0.162 e. The summed E-state index contributed by atoms with van der Waals surface area (Å²) < 4.78 is 5.33. The summed E-state index contributed by atoms with van der Waals surface area (Å²) in [7, 11) is 0. The first-order valence-electron chi connectivity index (χ1n) is 5.62. The lowest BCUT2D eigenvalue weighted by molar-refractivity contribution is 0.315. The fourth-order valence-electron chi connectivity index (χ4n) is 1.34. The number of para-hydroxylation sites is 1. The first-order chi connectivity index (χ1) is 7.44. The zero-order chi connectivity index (χ0) is 12.2. The summed E-state index contributed by atoms with van der Waals surface area (Å²) in [5.41, 5.74) is 0.898. The summed E-state index contributed by atoms with van der Waals surface area (Å²) in [4.78, 5) is 0. The standard InChI is InChI=1S/C13H21NO2/c1-5-16-11-8-6-7-10(12(11)15)9-14-13(2,3)4/h6-8,14-15H,5,9H2,1-4H3. The van der Waals surface area contributed by atoms with Crippen LogP contribution in [0.5, 0.6) is 11.5 Å². The average Bonchev–Trinajstić information content (AvgIpc) is 2.18. The third-order valence-corrected chi connectivity index (χ3v) is 2.19. The van der Waals surface area contributed by atoms with E-state index in [1.165, 1.54) is 0 Å². The van der Waals surface area contributed by atoms with E-state index in [1.807, 2.05) is 19.1 Å². The third-order valence-electron chi connectivity index (χ3n) is 2.19. The molecule has 0 atom stereocenters. The number of phenols is 1. The Kier molecular flexibility index (Phi) is 4.19. The average molecular weight is 223 g/mol. The molecule has 0 bridgehead atoms. The Morgan fingerprint density at radius 2 is 2.00 bits per heavy atom. The van der Waals surface area contributed by atoms with Gasteiger partial charge in [0.1, 0.15) is 0 Å². The van der Waals surface area contributed by atoms with Crippen LogP contribution in [0.25, 0.3) is 0 Å². The lowest BCUT2D eigenvalue weighted by atomic mass is 10.1. The fourth-order valence-corrected chi connectivity index (χ4v) is 1.34. The second-order valence-electron chi connectivity index (χ2n) is 4.80. The number of hydrogen-bond donors (Lipinski definition) is 2. The minimum atomic E-state index is 0.0358. The Hall–Kier alpha value is -1.22. The molecular formula is C13H21NO2. The van der Waals surface area contributed by atoms with E-state index in [4.69, 9.17) is 4.74 Å². The Morgan fingerprint density at radius 3 is 2.56 bits per heavy atom. The molecule has 1 aromatic rings. The van der Waals surface area contributed by atoms with Crippen molar-refractivity contribution in [3.05, 3.63) is 23.8 Å². The molecule has 0 saturated heterocycles. The number of ether oxygens (including phenoxy) is 1. The molecule has 16 heavy (non-hydrogen) atoms. The summed E-state index contributed by atoms with van der Waals surface area (Å²) in [6.45, 7) is 9.38. The van der Waals surface area contributed by atoms with Crippen molar-refractivity contribution in [3.8, 4) is 11.5 Å². The lowest BCUT2D eigenvalue weighted by Gasteiger charge is -2.21. The number of benzene rings is 1. The molecule has 90 valence electrons. The molecule has 0 amide bonds. The summed E-state index contributed by atoms with van der Waals surface area (Å²) in [5, 5.41) is 13.3. The van der Waals surface area contributed by atoms with Gasteiger partial charge in [-0.1, -0.05) is 12.1 Å². The van der Waals surface area contributed by atoms with Crippen LogP contribution in [0, 0.1) is 0 Å². The zero-order valence-electron chi connectivity index (χ0n) is 10.5. The lowest BCUT2D eigenvalue weighted by Crippen LogP contribution is -2.35. The SMILES string of the molecule is CCOc1cccc(CNC(C)(C)C)c1O. The molecule has 0 spiro atoms. The van der Waals surface area contributed by atoms with Crippen LogP contribution in [0.15, 0.2) is 18.2 Å². The van der Waals surface area contributed by atoms with E-state index in [2.05, 4.69) is 26.1 Å². The summed E-state index contributed by atoms with van der Waals surface area (Å²) >= 11 is 0. The highest BCUT2D eigenvalue weighted by molar-refractivity contribution is 5.45. The largest absolute Gasteiger partial charge is 0.504 e. The third kappa shape index (κ3) is 3.74. The van der Waals surface area contributed by atoms with Crippen LogP contribution in [0.3, 0.4) is 0 Å². The number of phenolic OH excluding ortho intramolecular Hbond substituents is 1. The van der Waals surface area contributed by atoms with Crippen LogP contribution >= 0.6 is 0 Å². The van der Waals surface area contributed by atoms with Gasteiger partial charge < -0.3 is 15.2 Å². The number of hydrogen-bond acceptors (Lipinski definition) is 3. The predicted molar refractivity (Wildman–Crippen MR) is 65.9 cm³/mol. The van der Waals surface area contributed by atoms with Gasteiger partial charge in [0, 0.05) is 17.6 Å². The van der Waals surface area contributed by atoms with Crippen LogP contribution < -0.4 is 10.1 Å². The highest BCUT2D eigenvalue weighted by atomic mass is 16.5. The highest BCUT2D eigenvalue weighted by Crippen LogP contribution is 2.29. The van der Waals surface area contributed by atoms with Gasteiger partial charge in [0.15, 0.2) is 11.5 Å². The van der Waals surface area contributed by atoms with E-state index >= 15 is 0 Å². The number of aromatic hydroxyl groups is 1. The van der Waals surface area contributed by atoms with Crippen molar-refractivity contribution < 1.29 is 9.84 Å². The smallest absolute Gasteiger partial charge is 0.162 e. The highest BCUT2D eigenvalue weighted by Gasteiger charge is 2.12. The van der Waals surface area contributed by atoms with Crippen LogP contribution in [0.1, 0.15) is 33.3 Å². The summed E-state index contributed by atoms with van der Waals surface area (Å²) in [6.07, 6.45) is 0. The number of rotatable bonds is 4. The Balaban J connectivity index is 2.77. The van der Waals surface area contributed by atoms with E-state index in [1.54, 1.807) is 6.07 Å². The van der Waals surface area contributed by atoms with Gasteiger partial charge in [-0.05, 0) is 33.8 Å². The monoisotopic (exact) mass is 223 g/mol. The molecule has 0 unspecified atom stereocenters. The van der Waals surface area contributed by atoms with E-state index < -0.39 is 0 Å². The molecule has 0 aliphatic carbocycles. The molecule has 0 radical (unpaired) electrons. The van der Waals surface area contributed by atoms with Crippen molar-refractivity contribution in [1.82, 2.24) is 5.32 Å².